The molecule has 0 aromatic heterocycles. The molecule has 0 saturated heterocycles. The first kappa shape index (κ1) is 11.6. The first-order chi connectivity index (χ1) is 8.24. The SMILES string of the molecule is CN(CCN)C(=O)c1cccc2ccccc12. The summed E-state index contributed by atoms with van der Waals surface area (Å²) in [5.41, 5.74) is 6.20. The topological polar surface area (TPSA) is 46.3 Å². The molecule has 0 radical (unpaired) electrons. The van der Waals surface area contributed by atoms with Gasteiger partial charge < -0.3 is 10.6 Å². The quantitative estimate of drug-likeness (QED) is 0.871. The van der Waals surface area contributed by atoms with Gasteiger partial charge in [-0.1, -0.05) is 36.4 Å². The van der Waals surface area contributed by atoms with Gasteiger partial charge in [0.15, 0.2) is 0 Å². The molecule has 0 bridgehead atoms. The summed E-state index contributed by atoms with van der Waals surface area (Å²) in [4.78, 5) is 13.9. The second-order valence-corrected chi connectivity index (χ2v) is 4.04. The third-order valence-corrected chi connectivity index (χ3v) is 2.83. The Labute approximate surface area is 101 Å². The lowest BCUT2D eigenvalue weighted by atomic mass is 10.0. The van der Waals surface area contributed by atoms with E-state index in [9.17, 15) is 4.79 Å². The van der Waals surface area contributed by atoms with Gasteiger partial charge >= 0.3 is 0 Å². The fourth-order valence-electron chi connectivity index (χ4n) is 1.91. The molecule has 0 atom stereocenters. The van der Waals surface area contributed by atoms with E-state index in [2.05, 4.69) is 0 Å². The predicted molar refractivity (Wildman–Crippen MR) is 70.0 cm³/mol. The van der Waals surface area contributed by atoms with Crippen molar-refractivity contribution in [1.82, 2.24) is 4.90 Å². The molecule has 2 aromatic carbocycles. The number of nitrogens with two attached hydrogens (primary N) is 1. The highest BCUT2D eigenvalue weighted by Crippen LogP contribution is 2.19. The van der Waals surface area contributed by atoms with Crippen LogP contribution in [0.5, 0.6) is 0 Å². The van der Waals surface area contributed by atoms with Crippen LogP contribution in [-0.2, 0) is 0 Å². The fourth-order valence-corrected chi connectivity index (χ4v) is 1.91. The Morgan fingerprint density at radius 1 is 1.18 bits per heavy atom. The van der Waals surface area contributed by atoms with Crippen molar-refractivity contribution in [1.29, 1.82) is 0 Å². The van der Waals surface area contributed by atoms with Gasteiger partial charge in [-0.2, -0.15) is 0 Å². The Bertz CT molecular complexity index is 531. The van der Waals surface area contributed by atoms with Crippen LogP contribution in [0.4, 0.5) is 0 Å². The molecule has 0 aliphatic rings. The number of likely N-dealkylation sites (N-methyl/N-ethyl adjacent to an activating group) is 1. The van der Waals surface area contributed by atoms with Crippen LogP contribution in [0.1, 0.15) is 10.4 Å². The molecular weight excluding hydrogens is 212 g/mol. The molecule has 1 amide bonds. The van der Waals surface area contributed by atoms with Crippen LogP contribution in [0.3, 0.4) is 0 Å². The van der Waals surface area contributed by atoms with Crippen LogP contribution < -0.4 is 5.73 Å². The molecule has 0 unspecified atom stereocenters. The highest BCUT2D eigenvalue weighted by Gasteiger charge is 2.13. The number of benzene rings is 2. The Morgan fingerprint density at radius 2 is 1.88 bits per heavy atom. The number of hydrogen-bond acceptors (Lipinski definition) is 2. The van der Waals surface area contributed by atoms with Crippen molar-refractivity contribution < 1.29 is 4.79 Å². The predicted octanol–water partition coefficient (Wildman–Crippen LogP) is 1.87. The average Bonchev–Trinajstić information content (AvgIpc) is 2.37. The number of nitrogens with zero attached hydrogens (tertiary/aromatic N) is 1. The standard InChI is InChI=1S/C14H16N2O/c1-16(10-9-15)14(17)13-8-4-6-11-5-2-3-7-12(11)13/h2-8H,9-10,15H2,1H3. The molecule has 0 heterocycles. The van der Waals surface area contributed by atoms with Crippen molar-refractivity contribution in [2.24, 2.45) is 5.73 Å². The molecule has 3 nitrogen and oxygen atoms in total. The maximum absolute atomic E-state index is 12.2. The minimum atomic E-state index is 0.0206. The van der Waals surface area contributed by atoms with Crippen LogP contribution in [0.2, 0.25) is 0 Å². The summed E-state index contributed by atoms with van der Waals surface area (Å²) in [6, 6.07) is 13.7. The van der Waals surface area contributed by atoms with Crippen LogP contribution in [0, 0.1) is 0 Å². The lowest BCUT2D eigenvalue weighted by molar-refractivity contribution is 0.0801. The van der Waals surface area contributed by atoms with Crippen molar-refractivity contribution >= 4 is 16.7 Å². The average molecular weight is 228 g/mol. The summed E-state index contributed by atoms with van der Waals surface area (Å²) < 4.78 is 0. The van der Waals surface area contributed by atoms with E-state index in [0.29, 0.717) is 13.1 Å². The highest BCUT2D eigenvalue weighted by molar-refractivity contribution is 6.06. The number of rotatable bonds is 3. The van der Waals surface area contributed by atoms with E-state index >= 15 is 0 Å². The molecule has 0 fully saturated rings. The minimum absolute atomic E-state index is 0.0206. The van der Waals surface area contributed by atoms with Gasteiger partial charge in [-0.05, 0) is 16.8 Å². The molecule has 3 heteroatoms. The lowest BCUT2D eigenvalue weighted by Crippen LogP contribution is -2.31. The van der Waals surface area contributed by atoms with Gasteiger partial charge in [0.25, 0.3) is 5.91 Å². The van der Waals surface area contributed by atoms with Gasteiger partial charge in [-0.3, -0.25) is 4.79 Å². The maximum atomic E-state index is 12.2. The van der Waals surface area contributed by atoms with Gasteiger partial charge in [0.1, 0.15) is 0 Å². The van der Waals surface area contributed by atoms with Crippen molar-refractivity contribution in [3.63, 3.8) is 0 Å². The molecule has 0 saturated carbocycles. The summed E-state index contributed by atoms with van der Waals surface area (Å²) in [5.74, 6) is 0.0206. The monoisotopic (exact) mass is 228 g/mol. The van der Waals surface area contributed by atoms with E-state index in [0.717, 1.165) is 16.3 Å². The Kier molecular flexibility index (Phi) is 3.40. The first-order valence-corrected chi connectivity index (χ1v) is 5.67. The van der Waals surface area contributed by atoms with E-state index < -0.39 is 0 Å². The van der Waals surface area contributed by atoms with E-state index in [4.69, 9.17) is 5.73 Å². The van der Waals surface area contributed by atoms with E-state index in [1.165, 1.54) is 0 Å². The Hall–Kier alpha value is -1.87. The number of carbonyl (C=O) groups excluding carboxylic acids is 1. The minimum Gasteiger partial charge on any atom is -0.340 e. The van der Waals surface area contributed by atoms with Gasteiger partial charge in [-0.25, -0.2) is 0 Å². The van der Waals surface area contributed by atoms with E-state index in [1.54, 1.807) is 11.9 Å². The summed E-state index contributed by atoms with van der Waals surface area (Å²) in [7, 11) is 1.77. The summed E-state index contributed by atoms with van der Waals surface area (Å²) in [6.45, 7) is 1.05. The Balaban J connectivity index is 2.45. The zero-order chi connectivity index (χ0) is 12.3. The lowest BCUT2D eigenvalue weighted by Gasteiger charge is -2.17. The summed E-state index contributed by atoms with van der Waals surface area (Å²) in [6.07, 6.45) is 0. The third-order valence-electron chi connectivity index (χ3n) is 2.83. The molecule has 2 rings (SSSR count). The molecule has 17 heavy (non-hydrogen) atoms. The van der Waals surface area contributed by atoms with Crippen LogP contribution in [-0.4, -0.2) is 30.9 Å². The van der Waals surface area contributed by atoms with Gasteiger partial charge in [-0.15, -0.1) is 0 Å². The van der Waals surface area contributed by atoms with Crippen molar-refractivity contribution in [3.05, 3.63) is 48.0 Å². The van der Waals surface area contributed by atoms with Crippen LogP contribution in [0.15, 0.2) is 42.5 Å². The molecule has 0 spiro atoms. The largest absolute Gasteiger partial charge is 0.340 e. The molecule has 0 aliphatic carbocycles. The normalized spacial score (nSPS) is 10.5. The third kappa shape index (κ3) is 2.29. The van der Waals surface area contributed by atoms with E-state index in [1.807, 2.05) is 42.5 Å². The Morgan fingerprint density at radius 3 is 2.65 bits per heavy atom. The first-order valence-electron chi connectivity index (χ1n) is 5.67. The zero-order valence-electron chi connectivity index (χ0n) is 9.89. The van der Waals surface area contributed by atoms with Crippen LogP contribution >= 0.6 is 0 Å². The summed E-state index contributed by atoms with van der Waals surface area (Å²) >= 11 is 0. The molecule has 2 aromatic rings. The highest BCUT2D eigenvalue weighted by atomic mass is 16.2. The van der Waals surface area contributed by atoms with Crippen molar-refractivity contribution in [3.8, 4) is 0 Å². The van der Waals surface area contributed by atoms with Crippen molar-refractivity contribution in [2.45, 2.75) is 0 Å². The van der Waals surface area contributed by atoms with Crippen LogP contribution in [0.25, 0.3) is 10.8 Å². The zero-order valence-corrected chi connectivity index (χ0v) is 9.89. The number of amides is 1. The fraction of sp³-hybridized carbons (Fsp3) is 0.214. The molecule has 0 aliphatic heterocycles. The summed E-state index contributed by atoms with van der Waals surface area (Å²) in [5, 5.41) is 2.07. The maximum Gasteiger partial charge on any atom is 0.254 e. The second-order valence-electron chi connectivity index (χ2n) is 4.04. The van der Waals surface area contributed by atoms with E-state index in [-0.39, 0.29) is 5.91 Å². The van der Waals surface area contributed by atoms with Gasteiger partial charge in [0.2, 0.25) is 0 Å². The molecule has 88 valence electrons. The number of fused-ring (bicyclic) bond motifs is 1. The van der Waals surface area contributed by atoms with Gasteiger partial charge in [0.05, 0.1) is 0 Å². The van der Waals surface area contributed by atoms with Crippen molar-refractivity contribution in [2.75, 3.05) is 20.1 Å². The second kappa shape index (κ2) is 4.97. The number of hydrogen-bond donors (Lipinski definition) is 1. The number of carbonyl (C=O) groups is 1. The smallest absolute Gasteiger partial charge is 0.254 e. The van der Waals surface area contributed by atoms with Gasteiger partial charge in [0, 0.05) is 25.7 Å². The molecular formula is C14H16N2O. The molecule has 2 N–H and O–H groups in total.